The van der Waals surface area contributed by atoms with E-state index in [0.29, 0.717) is 23.3 Å². The second-order valence-corrected chi connectivity index (χ2v) is 9.93. The molecule has 1 saturated heterocycles. The Kier molecular flexibility index (Phi) is 8.51. The second kappa shape index (κ2) is 11.6. The lowest BCUT2D eigenvalue weighted by Crippen LogP contribution is -2.58. The van der Waals surface area contributed by atoms with Crippen molar-refractivity contribution in [3.05, 3.63) is 87.8 Å². The van der Waals surface area contributed by atoms with Crippen LogP contribution in [0.5, 0.6) is 0 Å². The van der Waals surface area contributed by atoms with Gasteiger partial charge in [0.15, 0.2) is 0 Å². The molecule has 224 valence electrons. The molecule has 0 spiro atoms. The number of quaternary nitrogens is 1. The summed E-state index contributed by atoms with van der Waals surface area (Å²) < 4.78 is 78.3. The highest BCUT2D eigenvalue weighted by Gasteiger charge is 2.37. The summed E-state index contributed by atoms with van der Waals surface area (Å²) in [5, 5.41) is 25.3. The Labute approximate surface area is 236 Å². The van der Waals surface area contributed by atoms with Crippen LogP contribution in [0.1, 0.15) is 32.6 Å². The maximum absolute atomic E-state index is 13.6. The molecule has 2 N–H and O–H groups in total. The molecule has 1 aliphatic heterocycles. The van der Waals surface area contributed by atoms with Gasteiger partial charge < -0.3 is 20.3 Å². The molecule has 8 nitrogen and oxygen atoms in total. The smallest absolute Gasteiger partial charge is 0.416 e. The minimum Gasteiger partial charge on any atom is -0.626 e. The predicted molar refractivity (Wildman–Crippen MR) is 141 cm³/mol. The summed E-state index contributed by atoms with van der Waals surface area (Å²) in [6.07, 6.45) is -10.2. The van der Waals surface area contributed by atoms with Crippen LogP contribution in [0.25, 0.3) is 11.1 Å². The van der Waals surface area contributed by atoms with Gasteiger partial charge in [-0.1, -0.05) is 24.3 Å². The van der Waals surface area contributed by atoms with Crippen molar-refractivity contribution in [2.24, 2.45) is 0 Å². The Morgan fingerprint density at radius 2 is 1.57 bits per heavy atom. The van der Waals surface area contributed by atoms with E-state index in [4.69, 9.17) is 0 Å². The summed E-state index contributed by atoms with van der Waals surface area (Å²) in [6, 6.07) is 9.73. The van der Waals surface area contributed by atoms with Crippen molar-refractivity contribution >= 4 is 17.8 Å². The van der Waals surface area contributed by atoms with Crippen molar-refractivity contribution in [3.63, 3.8) is 0 Å². The number of aromatic nitrogens is 1. The Morgan fingerprint density at radius 1 is 0.976 bits per heavy atom. The molecule has 0 saturated carbocycles. The molecule has 42 heavy (non-hydrogen) atoms. The molecule has 4 rings (SSSR count). The van der Waals surface area contributed by atoms with E-state index in [1.807, 2.05) is 0 Å². The third-order valence-corrected chi connectivity index (χ3v) is 7.07. The number of nitrogens with zero attached hydrogens (tertiary/aromatic N) is 3. The SMILES string of the molecule is Cc1ccccc1-c1cc([N+]2([O-])CCN(C(=O)O)CC2)ncc1C(=O)NCCc1cc(C(F)(F)F)cc(C(F)(F)F)c1. The van der Waals surface area contributed by atoms with Gasteiger partial charge in [0, 0.05) is 24.4 Å². The number of amides is 2. The number of halogens is 6. The summed E-state index contributed by atoms with van der Waals surface area (Å²) in [7, 11) is 0. The largest absolute Gasteiger partial charge is 0.626 e. The number of piperazine rings is 1. The van der Waals surface area contributed by atoms with Crippen LogP contribution in [0.15, 0.2) is 54.7 Å². The Bertz CT molecular complexity index is 1450. The summed E-state index contributed by atoms with van der Waals surface area (Å²) in [6.45, 7) is 1.32. The molecule has 1 aromatic heterocycles. The quantitative estimate of drug-likeness (QED) is 0.211. The first-order chi connectivity index (χ1) is 19.6. The van der Waals surface area contributed by atoms with Crippen LogP contribution >= 0.6 is 0 Å². The van der Waals surface area contributed by atoms with E-state index in [1.54, 1.807) is 31.2 Å². The summed E-state index contributed by atoms with van der Waals surface area (Å²) in [5.41, 5.74) is -1.39. The number of hydrogen-bond acceptors (Lipinski definition) is 4. The number of rotatable bonds is 6. The molecule has 0 aliphatic carbocycles. The summed E-state index contributed by atoms with van der Waals surface area (Å²) in [5.74, 6) is -0.623. The molecule has 0 bridgehead atoms. The third kappa shape index (κ3) is 6.82. The number of nitrogens with one attached hydrogen (secondary N) is 1. The van der Waals surface area contributed by atoms with Crippen molar-refractivity contribution in [1.29, 1.82) is 0 Å². The maximum atomic E-state index is 13.6. The number of carbonyl (C=O) groups excluding carboxylic acids is 1. The molecule has 0 radical (unpaired) electrons. The minimum atomic E-state index is -4.99. The zero-order valence-corrected chi connectivity index (χ0v) is 22.2. The van der Waals surface area contributed by atoms with Gasteiger partial charge in [-0.25, -0.2) is 9.78 Å². The van der Waals surface area contributed by atoms with E-state index in [-0.39, 0.29) is 62.2 Å². The van der Waals surface area contributed by atoms with Gasteiger partial charge >= 0.3 is 18.4 Å². The Hall–Kier alpha value is -4.17. The summed E-state index contributed by atoms with van der Waals surface area (Å²) in [4.78, 5) is 29.8. The topological polar surface area (TPSA) is 106 Å². The number of carbonyl (C=O) groups is 2. The van der Waals surface area contributed by atoms with Crippen molar-refractivity contribution < 1.29 is 41.0 Å². The Balaban J connectivity index is 1.59. The highest BCUT2D eigenvalue weighted by molar-refractivity contribution is 6.01. The molecular weight excluding hydrogens is 570 g/mol. The normalized spacial score (nSPS) is 15.4. The van der Waals surface area contributed by atoms with Crippen molar-refractivity contribution in [1.82, 2.24) is 19.8 Å². The van der Waals surface area contributed by atoms with E-state index in [9.17, 15) is 46.2 Å². The van der Waals surface area contributed by atoms with Crippen molar-refractivity contribution in [2.75, 3.05) is 32.7 Å². The number of carboxylic acid groups (broad SMARTS) is 1. The van der Waals surface area contributed by atoms with Gasteiger partial charge in [0.05, 0.1) is 29.8 Å². The van der Waals surface area contributed by atoms with Crippen LogP contribution in [0, 0.1) is 12.1 Å². The van der Waals surface area contributed by atoms with Gasteiger partial charge in [0.25, 0.3) is 5.91 Å². The van der Waals surface area contributed by atoms with E-state index < -0.39 is 40.1 Å². The van der Waals surface area contributed by atoms with Crippen LogP contribution in [0.3, 0.4) is 0 Å². The number of hydroxylamine groups is 2. The molecule has 2 aromatic carbocycles. The van der Waals surface area contributed by atoms with Crippen LogP contribution in [-0.2, 0) is 18.8 Å². The molecule has 3 aromatic rings. The van der Waals surface area contributed by atoms with Gasteiger partial charge in [0.2, 0.25) is 5.82 Å². The van der Waals surface area contributed by atoms with E-state index in [1.165, 1.54) is 12.3 Å². The first kappa shape index (κ1) is 30.8. The van der Waals surface area contributed by atoms with Gasteiger partial charge in [-0.15, -0.1) is 0 Å². The second-order valence-electron chi connectivity index (χ2n) is 9.93. The van der Waals surface area contributed by atoms with E-state index >= 15 is 0 Å². The van der Waals surface area contributed by atoms with Gasteiger partial charge in [-0.05, 0) is 48.2 Å². The minimum absolute atomic E-state index is 0.00591. The zero-order chi connectivity index (χ0) is 30.9. The fraction of sp³-hybridized carbons (Fsp3) is 0.321. The van der Waals surface area contributed by atoms with Crippen LogP contribution in [0.2, 0.25) is 0 Å². The number of aryl methyl sites for hydroxylation is 1. The van der Waals surface area contributed by atoms with E-state index in [0.717, 1.165) is 10.5 Å². The summed E-state index contributed by atoms with van der Waals surface area (Å²) >= 11 is 0. The first-order valence-electron chi connectivity index (χ1n) is 12.8. The van der Waals surface area contributed by atoms with Gasteiger partial charge in [-0.2, -0.15) is 26.3 Å². The van der Waals surface area contributed by atoms with Gasteiger partial charge in [0.1, 0.15) is 13.1 Å². The van der Waals surface area contributed by atoms with Gasteiger partial charge in [-0.3, -0.25) is 9.69 Å². The lowest BCUT2D eigenvalue weighted by Gasteiger charge is -2.46. The van der Waals surface area contributed by atoms with Crippen LogP contribution in [-0.4, -0.2) is 59.7 Å². The van der Waals surface area contributed by atoms with Crippen molar-refractivity contribution in [2.45, 2.75) is 25.7 Å². The molecule has 1 aliphatic rings. The molecule has 2 heterocycles. The number of hydrogen-bond donors (Lipinski definition) is 2. The third-order valence-electron chi connectivity index (χ3n) is 7.07. The van der Waals surface area contributed by atoms with Crippen LogP contribution < -0.4 is 9.96 Å². The number of benzene rings is 2. The molecule has 2 amide bonds. The zero-order valence-electron chi connectivity index (χ0n) is 22.2. The molecular formula is C28H26F6N4O4. The average Bonchev–Trinajstić information content (AvgIpc) is 2.92. The standard InChI is InChI=1S/C28H26F6N4O4/c1-17-4-2-3-5-21(17)22-15-24(38(42)10-8-37(9-11-38)26(40)41)36-16-23(22)25(39)35-7-6-18-12-19(27(29,30)31)14-20(13-18)28(32,33)34/h2-5,12-16H,6-11H2,1H3,(H,35,39)(H,40,41). The fourth-order valence-corrected chi connectivity index (χ4v) is 4.73. The molecule has 14 heteroatoms. The lowest BCUT2D eigenvalue weighted by molar-refractivity contribution is -0.143. The van der Waals surface area contributed by atoms with Crippen molar-refractivity contribution in [3.8, 4) is 11.1 Å². The Morgan fingerprint density at radius 3 is 2.12 bits per heavy atom. The van der Waals surface area contributed by atoms with Crippen LogP contribution in [0.4, 0.5) is 37.0 Å². The van der Waals surface area contributed by atoms with E-state index in [2.05, 4.69) is 10.3 Å². The monoisotopic (exact) mass is 596 g/mol. The first-order valence-corrected chi connectivity index (χ1v) is 12.8. The molecule has 0 atom stereocenters. The average molecular weight is 597 g/mol. The number of alkyl halides is 6. The fourth-order valence-electron chi connectivity index (χ4n) is 4.73. The number of pyridine rings is 1. The highest BCUT2D eigenvalue weighted by Crippen LogP contribution is 2.37. The molecule has 1 fully saturated rings. The lowest BCUT2D eigenvalue weighted by atomic mass is 9.96. The highest BCUT2D eigenvalue weighted by atomic mass is 19.4. The molecule has 0 unspecified atom stereocenters. The predicted octanol–water partition coefficient (Wildman–Crippen LogP) is 5.87. The maximum Gasteiger partial charge on any atom is 0.416 e.